The SMILES string of the molecule is CCC(C(=O)NC(C)c1ccc2c(c1)OCCO2)N(c1ccccc1F)S(C)(=O)=O. The van der Waals surface area contributed by atoms with Crippen LogP contribution < -0.4 is 19.1 Å². The molecule has 0 aromatic heterocycles. The molecule has 2 unspecified atom stereocenters. The van der Waals surface area contributed by atoms with Gasteiger partial charge in [-0.3, -0.25) is 9.10 Å². The molecule has 0 spiro atoms. The molecule has 9 heteroatoms. The van der Waals surface area contributed by atoms with Gasteiger partial charge < -0.3 is 14.8 Å². The molecule has 0 aliphatic carbocycles. The number of para-hydroxylation sites is 1. The van der Waals surface area contributed by atoms with E-state index in [1.165, 1.54) is 18.2 Å². The summed E-state index contributed by atoms with van der Waals surface area (Å²) in [7, 11) is -3.91. The van der Waals surface area contributed by atoms with Gasteiger partial charge in [-0.2, -0.15) is 0 Å². The van der Waals surface area contributed by atoms with Crippen LogP contribution in [0.15, 0.2) is 42.5 Å². The third kappa shape index (κ3) is 4.67. The average Bonchev–Trinajstić information content (AvgIpc) is 2.71. The third-order valence-electron chi connectivity index (χ3n) is 4.84. The summed E-state index contributed by atoms with van der Waals surface area (Å²) < 4.78 is 51.2. The van der Waals surface area contributed by atoms with Gasteiger partial charge in [0, 0.05) is 0 Å². The van der Waals surface area contributed by atoms with E-state index in [4.69, 9.17) is 9.47 Å². The minimum Gasteiger partial charge on any atom is -0.486 e. The number of ether oxygens (including phenoxy) is 2. The summed E-state index contributed by atoms with van der Waals surface area (Å²) >= 11 is 0. The highest BCUT2D eigenvalue weighted by atomic mass is 32.2. The highest BCUT2D eigenvalue weighted by Gasteiger charge is 2.33. The Kier molecular flexibility index (Phi) is 6.50. The van der Waals surface area contributed by atoms with Crippen molar-refractivity contribution in [1.82, 2.24) is 5.32 Å². The van der Waals surface area contributed by atoms with Gasteiger partial charge in [-0.1, -0.05) is 25.1 Å². The Morgan fingerprint density at radius 1 is 1.17 bits per heavy atom. The standard InChI is InChI=1S/C21H25FN2O5S/c1-4-17(24(30(3,26)27)18-8-6-5-7-16(18)22)21(25)23-14(2)15-9-10-19-20(13-15)29-12-11-28-19/h5-10,13-14,17H,4,11-12H2,1-3H3,(H,23,25). The number of nitrogens with one attached hydrogen (secondary N) is 1. The van der Waals surface area contributed by atoms with Crippen LogP contribution in [0.2, 0.25) is 0 Å². The molecule has 0 bridgehead atoms. The van der Waals surface area contributed by atoms with Crippen molar-refractivity contribution in [2.75, 3.05) is 23.8 Å². The average molecular weight is 437 g/mol. The van der Waals surface area contributed by atoms with Crippen LogP contribution in [0.25, 0.3) is 0 Å². The summed E-state index contributed by atoms with van der Waals surface area (Å²) in [6.45, 7) is 4.39. The van der Waals surface area contributed by atoms with Crippen LogP contribution in [0, 0.1) is 5.82 Å². The fourth-order valence-electron chi connectivity index (χ4n) is 3.39. The summed E-state index contributed by atoms with van der Waals surface area (Å²) in [4.78, 5) is 13.0. The highest BCUT2D eigenvalue weighted by molar-refractivity contribution is 7.92. The number of amides is 1. The molecule has 7 nitrogen and oxygen atoms in total. The summed E-state index contributed by atoms with van der Waals surface area (Å²) in [5, 5.41) is 2.83. The van der Waals surface area contributed by atoms with Crippen molar-refractivity contribution in [3.63, 3.8) is 0 Å². The van der Waals surface area contributed by atoms with Crippen LogP contribution in [0.4, 0.5) is 10.1 Å². The molecule has 2 aromatic rings. The van der Waals surface area contributed by atoms with Crippen LogP contribution in [-0.2, 0) is 14.8 Å². The lowest BCUT2D eigenvalue weighted by Gasteiger charge is -2.31. The number of hydrogen-bond acceptors (Lipinski definition) is 5. The van der Waals surface area contributed by atoms with E-state index in [9.17, 15) is 17.6 Å². The molecule has 30 heavy (non-hydrogen) atoms. The summed E-state index contributed by atoms with van der Waals surface area (Å²) in [5.41, 5.74) is 0.619. The molecule has 1 aliphatic rings. The predicted octanol–water partition coefficient (Wildman–Crippen LogP) is 3.02. The van der Waals surface area contributed by atoms with Gasteiger partial charge in [0.1, 0.15) is 25.1 Å². The molecule has 1 N–H and O–H groups in total. The van der Waals surface area contributed by atoms with Crippen molar-refractivity contribution in [2.45, 2.75) is 32.4 Å². The van der Waals surface area contributed by atoms with E-state index in [2.05, 4.69) is 5.32 Å². The molecule has 162 valence electrons. The Bertz CT molecular complexity index is 1030. The maximum Gasteiger partial charge on any atom is 0.244 e. The molecule has 0 saturated carbocycles. The number of halogens is 1. The number of carbonyl (C=O) groups excluding carboxylic acids is 1. The number of carbonyl (C=O) groups is 1. The van der Waals surface area contributed by atoms with Gasteiger partial charge in [-0.15, -0.1) is 0 Å². The quantitative estimate of drug-likeness (QED) is 0.721. The van der Waals surface area contributed by atoms with Gasteiger partial charge >= 0.3 is 0 Å². The first-order valence-electron chi connectivity index (χ1n) is 9.66. The smallest absolute Gasteiger partial charge is 0.244 e. The Labute approximate surface area is 175 Å². The molecule has 2 aromatic carbocycles. The largest absolute Gasteiger partial charge is 0.486 e. The van der Waals surface area contributed by atoms with Gasteiger partial charge in [0.25, 0.3) is 0 Å². The molecule has 1 amide bonds. The first-order chi connectivity index (χ1) is 14.2. The Balaban J connectivity index is 1.85. The fourth-order valence-corrected chi connectivity index (χ4v) is 4.60. The molecule has 3 rings (SSSR count). The van der Waals surface area contributed by atoms with Crippen molar-refractivity contribution in [3.8, 4) is 11.5 Å². The Morgan fingerprint density at radius 2 is 1.83 bits per heavy atom. The highest BCUT2D eigenvalue weighted by Crippen LogP contribution is 2.33. The normalized spacial score (nSPS) is 15.2. The minimum absolute atomic E-state index is 0.158. The zero-order valence-corrected chi connectivity index (χ0v) is 17.9. The number of anilines is 1. The first-order valence-corrected chi connectivity index (χ1v) is 11.5. The summed E-state index contributed by atoms with van der Waals surface area (Å²) in [6, 6.07) is 9.33. The van der Waals surface area contributed by atoms with Crippen LogP contribution in [0.3, 0.4) is 0 Å². The number of sulfonamides is 1. The lowest BCUT2D eigenvalue weighted by molar-refractivity contribution is -0.122. The van der Waals surface area contributed by atoms with Gasteiger partial charge in [0.15, 0.2) is 11.5 Å². The van der Waals surface area contributed by atoms with E-state index in [0.717, 1.165) is 22.2 Å². The molecule has 0 fully saturated rings. The Morgan fingerprint density at radius 3 is 2.47 bits per heavy atom. The molecular weight excluding hydrogens is 411 g/mol. The van der Waals surface area contributed by atoms with Gasteiger partial charge in [-0.25, -0.2) is 12.8 Å². The zero-order chi connectivity index (χ0) is 21.9. The maximum absolute atomic E-state index is 14.4. The zero-order valence-electron chi connectivity index (χ0n) is 17.1. The van der Waals surface area contributed by atoms with E-state index >= 15 is 0 Å². The molecule has 2 atom stereocenters. The van der Waals surface area contributed by atoms with E-state index in [-0.39, 0.29) is 12.1 Å². The first kappa shape index (κ1) is 21.9. The second kappa shape index (κ2) is 8.91. The predicted molar refractivity (Wildman–Crippen MR) is 112 cm³/mol. The van der Waals surface area contributed by atoms with Crippen LogP contribution in [-0.4, -0.2) is 39.8 Å². The van der Waals surface area contributed by atoms with Crippen LogP contribution >= 0.6 is 0 Å². The van der Waals surface area contributed by atoms with Crippen LogP contribution in [0.5, 0.6) is 11.5 Å². The summed E-state index contributed by atoms with van der Waals surface area (Å²) in [6.07, 6.45) is 1.13. The van der Waals surface area contributed by atoms with Crippen LogP contribution in [0.1, 0.15) is 31.9 Å². The number of nitrogens with zero attached hydrogens (tertiary/aromatic N) is 1. The topological polar surface area (TPSA) is 84.9 Å². The van der Waals surface area contributed by atoms with E-state index in [0.29, 0.717) is 24.7 Å². The minimum atomic E-state index is -3.91. The van der Waals surface area contributed by atoms with Crippen molar-refractivity contribution >= 4 is 21.6 Å². The number of fused-ring (bicyclic) bond motifs is 1. The van der Waals surface area contributed by atoms with E-state index in [1.807, 2.05) is 6.07 Å². The molecule has 1 heterocycles. The maximum atomic E-state index is 14.4. The number of benzene rings is 2. The lowest BCUT2D eigenvalue weighted by atomic mass is 10.1. The van der Waals surface area contributed by atoms with Crippen molar-refractivity contribution < 1.29 is 27.1 Å². The Hall–Kier alpha value is -2.81. The van der Waals surface area contributed by atoms with Gasteiger partial charge in [0.2, 0.25) is 15.9 Å². The monoisotopic (exact) mass is 436 g/mol. The summed E-state index contributed by atoms with van der Waals surface area (Å²) in [5.74, 6) is -0.00333. The number of rotatable bonds is 7. The third-order valence-corrected chi connectivity index (χ3v) is 6.01. The fraction of sp³-hybridized carbons (Fsp3) is 0.381. The van der Waals surface area contributed by atoms with Gasteiger partial charge in [0.05, 0.1) is 18.0 Å². The molecule has 1 aliphatic heterocycles. The van der Waals surface area contributed by atoms with Crippen molar-refractivity contribution in [2.24, 2.45) is 0 Å². The second-order valence-corrected chi connectivity index (χ2v) is 8.93. The lowest BCUT2D eigenvalue weighted by Crippen LogP contribution is -2.50. The number of hydrogen-bond donors (Lipinski definition) is 1. The van der Waals surface area contributed by atoms with Gasteiger partial charge in [-0.05, 0) is 43.2 Å². The van der Waals surface area contributed by atoms with Crippen molar-refractivity contribution in [3.05, 3.63) is 53.8 Å². The molecule has 0 saturated heterocycles. The molecular formula is C21H25FN2O5S. The van der Waals surface area contributed by atoms with Crippen molar-refractivity contribution in [1.29, 1.82) is 0 Å². The molecule has 0 radical (unpaired) electrons. The van der Waals surface area contributed by atoms with E-state index in [1.54, 1.807) is 26.0 Å². The second-order valence-electron chi connectivity index (χ2n) is 7.07. The van der Waals surface area contributed by atoms with E-state index < -0.39 is 33.8 Å².